The van der Waals surface area contributed by atoms with Gasteiger partial charge in [0.25, 0.3) is 0 Å². The predicted octanol–water partition coefficient (Wildman–Crippen LogP) is 2.42. The molecular formula is C15H18NOS+. The Labute approximate surface area is 112 Å². The first-order valence-corrected chi connectivity index (χ1v) is 7.22. The van der Waals surface area contributed by atoms with Gasteiger partial charge in [0.05, 0.1) is 11.9 Å². The summed E-state index contributed by atoms with van der Waals surface area (Å²) in [7, 11) is 2.22. The van der Waals surface area contributed by atoms with Gasteiger partial charge in [0.15, 0.2) is 0 Å². The van der Waals surface area contributed by atoms with Crippen molar-refractivity contribution in [3.05, 3.63) is 58.3 Å². The lowest BCUT2D eigenvalue weighted by molar-refractivity contribution is -0.932. The van der Waals surface area contributed by atoms with Crippen LogP contribution in [0.15, 0.2) is 47.8 Å². The Balaban J connectivity index is 1.87. The molecule has 1 N–H and O–H groups in total. The van der Waals surface area contributed by atoms with E-state index in [1.165, 1.54) is 15.3 Å². The van der Waals surface area contributed by atoms with Gasteiger partial charge in [-0.3, -0.25) is 0 Å². The molecule has 94 valence electrons. The first kappa shape index (κ1) is 11.9. The Morgan fingerprint density at radius 3 is 2.56 bits per heavy atom. The number of hydrogen-bond donors (Lipinski definition) is 1. The average Bonchev–Trinajstić information content (AvgIpc) is 3.01. The average molecular weight is 260 g/mol. The highest BCUT2D eigenvalue weighted by atomic mass is 32.1. The minimum atomic E-state index is 0.171. The van der Waals surface area contributed by atoms with Crippen LogP contribution in [0.4, 0.5) is 0 Å². The fraction of sp³-hybridized carbons (Fsp3) is 0.333. The van der Waals surface area contributed by atoms with E-state index >= 15 is 0 Å². The topological polar surface area (TPSA) is 13.7 Å². The van der Waals surface area contributed by atoms with Gasteiger partial charge in [0.2, 0.25) is 6.23 Å². The molecule has 1 saturated heterocycles. The van der Waals surface area contributed by atoms with Gasteiger partial charge >= 0.3 is 0 Å². The van der Waals surface area contributed by atoms with Gasteiger partial charge in [-0.15, -0.1) is 11.3 Å². The van der Waals surface area contributed by atoms with Crippen molar-refractivity contribution >= 4 is 11.3 Å². The summed E-state index contributed by atoms with van der Waals surface area (Å²) in [5.41, 5.74) is 1.28. The van der Waals surface area contributed by atoms with E-state index in [0.29, 0.717) is 6.04 Å². The Bertz CT molecular complexity index is 496. The summed E-state index contributed by atoms with van der Waals surface area (Å²) in [6, 6.07) is 15.3. The summed E-state index contributed by atoms with van der Waals surface area (Å²) in [6.07, 6.45) is 0.364. The monoisotopic (exact) mass is 260 g/mol. The molecule has 0 bridgehead atoms. The second-order valence-electron chi connectivity index (χ2n) is 4.90. The van der Waals surface area contributed by atoms with E-state index in [1.807, 2.05) is 0 Å². The van der Waals surface area contributed by atoms with E-state index in [2.05, 4.69) is 61.8 Å². The third-order valence-corrected chi connectivity index (χ3v) is 4.71. The smallest absolute Gasteiger partial charge is 0.228 e. The number of quaternary nitrogens is 1. The molecule has 0 aliphatic carbocycles. The fourth-order valence-corrected chi connectivity index (χ4v) is 3.43. The maximum Gasteiger partial charge on any atom is 0.228 e. The van der Waals surface area contributed by atoms with Crippen LogP contribution < -0.4 is 4.90 Å². The van der Waals surface area contributed by atoms with Crippen molar-refractivity contribution in [3.8, 4) is 0 Å². The van der Waals surface area contributed by atoms with Crippen LogP contribution in [0.3, 0.4) is 0 Å². The van der Waals surface area contributed by atoms with Crippen molar-refractivity contribution in [2.24, 2.45) is 0 Å². The summed E-state index contributed by atoms with van der Waals surface area (Å²) in [6.45, 7) is 2.26. The lowest BCUT2D eigenvalue weighted by Gasteiger charge is -2.17. The highest BCUT2D eigenvalue weighted by Gasteiger charge is 2.43. The molecule has 2 nitrogen and oxygen atoms in total. The predicted molar refractivity (Wildman–Crippen MR) is 73.7 cm³/mol. The Morgan fingerprint density at radius 1 is 1.11 bits per heavy atom. The molecule has 4 atom stereocenters. The molecule has 1 fully saturated rings. The van der Waals surface area contributed by atoms with Crippen LogP contribution in [0, 0.1) is 0 Å². The molecular weight excluding hydrogens is 242 g/mol. The van der Waals surface area contributed by atoms with Crippen LogP contribution >= 0.6 is 11.3 Å². The Morgan fingerprint density at radius 2 is 1.89 bits per heavy atom. The molecule has 3 rings (SSSR count). The molecule has 1 aromatic carbocycles. The number of thiophene rings is 1. The van der Waals surface area contributed by atoms with Crippen molar-refractivity contribution in [1.29, 1.82) is 0 Å². The highest BCUT2D eigenvalue weighted by molar-refractivity contribution is 7.09. The molecule has 1 unspecified atom stereocenters. The normalized spacial score (nSPS) is 31.7. The van der Waals surface area contributed by atoms with E-state index in [1.54, 1.807) is 11.3 Å². The molecule has 1 aliphatic heterocycles. The number of hydrogen-bond acceptors (Lipinski definition) is 2. The molecule has 0 saturated carbocycles. The quantitative estimate of drug-likeness (QED) is 0.875. The minimum absolute atomic E-state index is 0.171. The minimum Gasteiger partial charge on any atom is -0.310 e. The van der Waals surface area contributed by atoms with E-state index in [-0.39, 0.29) is 12.3 Å². The van der Waals surface area contributed by atoms with Crippen LogP contribution in [-0.2, 0) is 4.74 Å². The molecule has 3 heteroatoms. The lowest BCUT2D eigenvalue weighted by Crippen LogP contribution is -3.10. The van der Waals surface area contributed by atoms with Gasteiger partial charge in [0.1, 0.15) is 12.1 Å². The summed E-state index contributed by atoms with van der Waals surface area (Å²) in [5, 5.41) is 2.12. The van der Waals surface area contributed by atoms with Crippen molar-refractivity contribution in [2.75, 3.05) is 7.05 Å². The first-order valence-electron chi connectivity index (χ1n) is 6.34. The molecule has 0 amide bonds. The van der Waals surface area contributed by atoms with E-state index in [9.17, 15) is 0 Å². The standard InChI is InChI=1S/C15H17NOS/c1-11-14(12-7-4-3-5-8-12)17-15(16(11)2)13-9-6-10-18-13/h3-11,14-15H,1-2H3/p+1/t11-,14-,15-/m1/s1. The zero-order valence-electron chi connectivity index (χ0n) is 10.7. The number of likely N-dealkylation sites (N-methyl/N-ethyl adjacent to an activating group) is 1. The molecule has 18 heavy (non-hydrogen) atoms. The maximum absolute atomic E-state index is 6.29. The van der Waals surface area contributed by atoms with Gasteiger partial charge in [0, 0.05) is 0 Å². The highest BCUT2D eigenvalue weighted by Crippen LogP contribution is 2.32. The lowest BCUT2D eigenvalue weighted by atomic mass is 10.0. The number of nitrogens with one attached hydrogen (secondary N) is 1. The van der Waals surface area contributed by atoms with Crippen LogP contribution in [0.25, 0.3) is 0 Å². The molecule has 1 aliphatic rings. The van der Waals surface area contributed by atoms with Crippen LogP contribution in [0.2, 0.25) is 0 Å². The van der Waals surface area contributed by atoms with Crippen molar-refractivity contribution in [1.82, 2.24) is 0 Å². The molecule has 2 heterocycles. The van der Waals surface area contributed by atoms with Gasteiger partial charge in [-0.05, 0) is 23.9 Å². The van der Waals surface area contributed by atoms with Gasteiger partial charge in [-0.2, -0.15) is 0 Å². The summed E-state index contributed by atoms with van der Waals surface area (Å²) < 4.78 is 6.29. The van der Waals surface area contributed by atoms with E-state index < -0.39 is 0 Å². The molecule has 0 spiro atoms. The van der Waals surface area contributed by atoms with Crippen LogP contribution in [0.1, 0.15) is 29.7 Å². The summed E-state index contributed by atoms with van der Waals surface area (Å²) in [4.78, 5) is 2.75. The molecule has 0 radical (unpaired) electrons. The number of benzene rings is 1. The van der Waals surface area contributed by atoms with Gasteiger partial charge < -0.3 is 9.64 Å². The first-order chi connectivity index (χ1) is 8.77. The summed E-state index contributed by atoms with van der Waals surface area (Å²) in [5.74, 6) is 0. The van der Waals surface area contributed by atoms with Crippen LogP contribution in [-0.4, -0.2) is 13.1 Å². The third kappa shape index (κ3) is 1.99. The van der Waals surface area contributed by atoms with E-state index in [0.717, 1.165) is 0 Å². The van der Waals surface area contributed by atoms with Crippen molar-refractivity contribution in [3.63, 3.8) is 0 Å². The Kier molecular flexibility index (Phi) is 3.20. The third-order valence-electron chi connectivity index (χ3n) is 3.80. The number of rotatable bonds is 2. The maximum atomic E-state index is 6.29. The second-order valence-corrected chi connectivity index (χ2v) is 5.87. The number of ether oxygens (including phenoxy) is 1. The van der Waals surface area contributed by atoms with Gasteiger partial charge in [-0.25, -0.2) is 0 Å². The summed E-state index contributed by atoms with van der Waals surface area (Å²) >= 11 is 1.78. The largest absolute Gasteiger partial charge is 0.310 e. The molecule has 2 aromatic rings. The second kappa shape index (κ2) is 4.84. The zero-order chi connectivity index (χ0) is 12.5. The zero-order valence-corrected chi connectivity index (χ0v) is 11.5. The van der Waals surface area contributed by atoms with Gasteiger partial charge in [-0.1, -0.05) is 36.4 Å². The molecule has 1 aromatic heterocycles. The van der Waals surface area contributed by atoms with Crippen molar-refractivity contribution in [2.45, 2.75) is 25.3 Å². The van der Waals surface area contributed by atoms with Crippen molar-refractivity contribution < 1.29 is 9.64 Å². The SMILES string of the molecule is C[C@@H]1[C@H](c2ccccc2)O[C@H](c2cccs2)[NH+]1C. The van der Waals surface area contributed by atoms with E-state index in [4.69, 9.17) is 4.74 Å². The Hall–Kier alpha value is -1.16. The van der Waals surface area contributed by atoms with Crippen LogP contribution in [0.5, 0.6) is 0 Å². The fourth-order valence-electron chi connectivity index (χ4n) is 2.59.